The van der Waals surface area contributed by atoms with Crippen molar-refractivity contribution in [3.63, 3.8) is 0 Å². The van der Waals surface area contributed by atoms with E-state index in [4.69, 9.17) is 11.5 Å². The summed E-state index contributed by atoms with van der Waals surface area (Å²) in [5, 5.41) is 6.13. The molecule has 0 aliphatic heterocycles. The number of unbranched alkanes of at least 4 members (excludes halogenated alkanes) is 14. The smallest absolute Gasteiger partial charge is 0.397 e. The van der Waals surface area contributed by atoms with Crippen LogP contribution < -0.4 is 22.1 Å². The Balaban J connectivity index is 2.15. The maximum atomic E-state index is 14.7. The largest absolute Gasteiger partial charge is 0.411 e. The summed E-state index contributed by atoms with van der Waals surface area (Å²) in [4.78, 5) is 0. The van der Waals surface area contributed by atoms with Crippen molar-refractivity contribution in [2.24, 2.45) is 0 Å². The van der Waals surface area contributed by atoms with Crippen molar-refractivity contribution >= 4 is 22.7 Å². The highest BCUT2D eigenvalue weighted by molar-refractivity contribution is 5.71. The molecule has 0 aliphatic rings. The van der Waals surface area contributed by atoms with Crippen LogP contribution in [0.1, 0.15) is 128 Å². The van der Waals surface area contributed by atoms with E-state index in [1.54, 1.807) is 0 Å². The second-order valence-electron chi connectivity index (χ2n) is 12.2. The fourth-order valence-corrected chi connectivity index (χ4v) is 5.86. The van der Waals surface area contributed by atoms with Crippen LogP contribution in [0.2, 0.25) is 0 Å². The number of rotatable bonds is 22. The lowest BCUT2D eigenvalue weighted by Crippen LogP contribution is -2.54. The molecule has 0 atom stereocenters. The van der Waals surface area contributed by atoms with Crippen molar-refractivity contribution < 1.29 is 26.3 Å². The number of nitrogens with two attached hydrogens (primary N) is 2. The van der Waals surface area contributed by atoms with E-state index in [9.17, 15) is 26.3 Å². The zero-order valence-corrected chi connectivity index (χ0v) is 27.1. The van der Waals surface area contributed by atoms with E-state index in [0.29, 0.717) is 24.5 Å². The van der Waals surface area contributed by atoms with Crippen molar-refractivity contribution in [2.45, 2.75) is 134 Å². The molecule has 0 amide bonds. The molecule has 0 saturated carbocycles. The van der Waals surface area contributed by atoms with E-state index >= 15 is 0 Å². The number of nitrogen functional groups attached to an aromatic ring is 2. The van der Waals surface area contributed by atoms with Crippen LogP contribution in [0.3, 0.4) is 0 Å². The molecule has 45 heavy (non-hydrogen) atoms. The van der Waals surface area contributed by atoms with Gasteiger partial charge < -0.3 is 22.1 Å². The number of hydrogen-bond donors (Lipinski definition) is 4. The highest BCUT2D eigenvalue weighted by atomic mass is 19.4. The summed E-state index contributed by atoms with van der Waals surface area (Å²) in [7, 11) is 0. The Kier molecular flexibility index (Phi) is 16.2. The predicted octanol–water partition coefficient (Wildman–Crippen LogP) is 11.4. The molecule has 2 aromatic carbocycles. The van der Waals surface area contributed by atoms with Crippen LogP contribution >= 0.6 is 0 Å². The molecule has 256 valence electrons. The van der Waals surface area contributed by atoms with Crippen molar-refractivity contribution in [1.82, 2.24) is 0 Å². The minimum absolute atomic E-state index is 0.179. The maximum absolute atomic E-state index is 14.7. The summed E-state index contributed by atoms with van der Waals surface area (Å²) in [5.74, 6) is 0. The van der Waals surface area contributed by atoms with E-state index in [1.165, 1.54) is 63.5 Å². The van der Waals surface area contributed by atoms with E-state index in [-0.39, 0.29) is 11.4 Å². The standard InChI is InChI=1S/C35H54F6N4/c1-3-5-7-9-11-13-15-17-23-44-31-21-19-27(25-29(31)42)33(34(36,37)38,35(39,40)41)28-20-22-32(30(43)26-28)45-24-18-16-14-12-10-8-6-4-2/h19-22,25-26,44-45H,3-18,23-24,42-43H2,1-2H3. The molecular weight excluding hydrogens is 590 g/mol. The molecule has 0 aliphatic carbocycles. The monoisotopic (exact) mass is 644 g/mol. The minimum Gasteiger partial charge on any atom is -0.397 e. The van der Waals surface area contributed by atoms with Gasteiger partial charge in [-0.3, -0.25) is 0 Å². The van der Waals surface area contributed by atoms with Gasteiger partial charge in [-0.25, -0.2) is 0 Å². The lowest BCUT2D eigenvalue weighted by Gasteiger charge is -2.38. The van der Waals surface area contributed by atoms with Crippen molar-refractivity contribution in [2.75, 3.05) is 35.2 Å². The molecule has 0 aromatic heterocycles. The van der Waals surface area contributed by atoms with Crippen molar-refractivity contribution in [3.8, 4) is 0 Å². The Labute approximate surface area is 266 Å². The predicted molar refractivity (Wildman–Crippen MR) is 177 cm³/mol. The average Bonchev–Trinajstić information content (AvgIpc) is 2.96. The second kappa shape index (κ2) is 19.0. The first-order chi connectivity index (χ1) is 21.4. The van der Waals surface area contributed by atoms with Gasteiger partial charge in [-0.2, -0.15) is 26.3 Å². The van der Waals surface area contributed by atoms with Gasteiger partial charge in [-0.05, 0) is 48.2 Å². The summed E-state index contributed by atoms with van der Waals surface area (Å²) in [6, 6.07) is 5.68. The zero-order valence-electron chi connectivity index (χ0n) is 27.1. The van der Waals surface area contributed by atoms with Crippen molar-refractivity contribution in [3.05, 3.63) is 47.5 Å². The molecule has 10 heteroatoms. The summed E-state index contributed by atoms with van der Waals surface area (Å²) >= 11 is 0. The summed E-state index contributed by atoms with van der Waals surface area (Å²) < 4.78 is 88.3. The highest BCUT2D eigenvalue weighted by Crippen LogP contribution is 2.57. The van der Waals surface area contributed by atoms with Crippen molar-refractivity contribution in [1.29, 1.82) is 0 Å². The normalized spacial score (nSPS) is 12.4. The fraction of sp³-hybridized carbons (Fsp3) is 0.657. The number of nitrogens with one attached hydrogen (secondary N) is 2. The molecular formula is C35H54F6N4. The molecule has 0 radical (unpaired) electrons. The Hall–Kier alpha value is -2.78. The SMILES string of the molecule is CCCCCCCCCCNc1ccc(C(c2ccc(NCCCCCCCCCC)c(N)c2)(C(F)(F)F)C(F)(F)F)cc1N. The van der Waals surface area contributed by atoms with Gasteiger partial charge in [0.25, 0.3) is 0 Å². The van der Waals surface area contributed by atoms with Gasteiger partial charge in [-0.1, -0.05) is 116 Å². The molecule has 6 N–H and O–H groups in total. The minimum atomic E-state index is -5.72. The van der Waals surface area contributed by atoms with Crippen LogP contribution in [-0.2, 0) is 5.41 Å². The molecule has 2 rings (SSSR count). The van der Waals surface area contributed by atoms with E-state index in [2.05, 4.69) is 24.5 Å². The molecule has 2 aromatic rings. The Bertz CT molecular complexity index is 1030. The number of alkyl halides is 6. The molecule has 0 bridgehead atoms. The fourth-order valence-electron chi connectivity index (χ4n) is 5.86. The molecule has 0 heterocycles. The first kappa shape index (κ1) is 38.4. The highest BCUT2D eigenvalue weighted by Gasteiger charge is 2.72. The lowest BCUT2D eigenvalue weighted by molar-refractivity contribution is -0.288. The summed E-state index contributed by atoms with van der Waals surface area (Å²) in [6.45, 7) is 5.37. The Morgan fingerprint density at radius 1 is 0.489 bits per heavy atom. The molecule has 0 fully saturated rings. The van der Waals surface area contributed by atoms with E-state index < -0.39 is 28.9 Å². The van der Waals surface area contributed by atoms with Gasteiger partial charge in [0.2, 0.25) is 5.41 Å². The van der Waals surface area contributed by atoms with Gasteiger partial charge in [0.05, 0.1) is 22.7 Å². The van der Waals surface area contributed by atoms with Crippen LogP contribution in [0.15, 0.2) is 36.4 Å². The third kappa shape index (κ3) is 11.2. The number of anilines is 4. The first-order valence-electron chi connectivity index (χ1n) is 16.8. The molecule has 0 saturated heterocycles. The quantitative estimate of drug-likeness (QED) is 0.0584. The van der Waals surface area contributed by atoms with Crippen LogP contribution in [0.4, 0.5) is 49.1 Å². The second-order valence-corrected chi connectivity index (χ2v) is 12.2. The van der Waals surface area contributed by atoms with Crippen LogP contribution in [0.5, 0.6) is 0 Å². The van der Waals surface area contributed by atoms with Gasteiger partial charge in [0.1, 0.15) is 0 Å². The van der Waals surface area contributed by atoms with Gasteiger partial charge in [-0.15, -0.1) is 0 Å². The third-order valence-electron chi connectivity index (χ3n) is 8.51. The van der Waals surface area contributed by atoms with Crippen LogP contribution in [0, 0.1) is 0 Å². The topological polar surface area (TPSA) is 76.1 Å². The van der Waals surface area contributed by atoms with Crippen LogP contribution in [-0.4, -0.2) is 25.4 Å². The van der Waals surface area contributed by atoms with Gasteiger partial charge in [0.15, 0.2) is 0 Å². The van der Waals surface area contributed by atoms with E-state index in [0.717, 1.165) is 75.6 Å². The first-order valence-corrected chi connectivity index (χ1v) is 16.8. The Morgan fingerprint density at radius 3 is 1.09 bits per heavy atom. The maximum Gasteiger partial charge on any atom is 0.411 e. The average molecular weight is 645 g/mol. The summed E-state index contributed by atoms with van der Waals surface area (Å²) in [6.07, 6.45) is 6.30. The van der Waals surface area contributed by atoms with E-state index in [1.807, 2.05) is 0 Å². The molecule has 0 unspecified atom stereocenters. The number of halogens is 6. The number of benzene rings is 2. The van der Waals surface area contributed by atoms with Gasteiger partial charge in [0, 0.05) is 13.1 Å². The third-order valence-corrected chi connectivity index (χ3v) is 8.51. The molecule has 4 nitrogen and oxygen atoms in total. The van der Waals surface area contributed by atoms with Crippen LogP contribution in [0.25, 0.3) is 0 Å². The summed E-state index contributed by atoms with van der Waals surface area (Å²) in [5.41, 5.74) is 6.00. The molecule has 0 spiro atoms. The number of hydrogen-bond acceptors (Lipinski definition) is 4. The Morgan fingerprint density at radius 2 is 0.800 bits per heavy atom. The lowest BCUT2D eigenvalue weighted by atomic mass is 9.72. The van der Waals surface area contributed by atoms with Gasteiger partial charge >= 0.3 is 12.4 Å². The zero-order chi connectivity index (χ0) is 33.3.